The van der Waals surface area contributed by atoms with Crippen molar-refractivity contribution in [3.05, 3.63) is 70.5 Å². The zero-order valence-corrected chi connectivity index (χ0v) is 12.5. The molecule has 2 aromatic carbocycles. The van der Waals surface area contributed by atoms with Crippen molar-refractivity contribution in [2.45, 2.75) is 12.6 Å². The van der Waals surface area contributed by atoms with Crippen LogP contribution in [0.2, 0.25) is 5.02 Å². The van der Waals surface area contributed by atoms with Crippen LogP contribution in [0, 0.1) is 5.82 Å². The molecule has 1 unspecified atom stereocenters. The van der Waals surface area contributed by atoms with Gasteiger partial charge >= 0.3 is 6.03 Å². The van der Waals surface area contributed by atoms with Gasteiger partial charge in [0.2, 0.25) is 0 Å². The highest BCUT2D eigenvalue weighted by molar-refractivity contribution is 6.30. The summed E-state index contributed by atoms with van der Waals surface area (Å²) >= 11 is 5.76. The van der Waals surface area contributed by atoms with Gasteiger partial charge in [-0.1, -0.05) is 41.9 Å². The number of aliphatic hydroxyl groups is 1. The molecular formula is C16H16ClFN2O2. The summed E-state index contributed by atoms with van der Waals surface area (Å²) in [5.41, 5.74) is 1.05. The molecule has 116 valence electrons. The highest BCUT2D eigenvalue weighted by Gasteiger charge is 2.09. The summed E-state index contributed by atoms with van der Waals surface area (Å²) in [6.45, 7) is 0.125. The fourth-order valence-corrected chi connectivity index (χ4v) is 2.00. The molecule has 0 saturated carbocycles. The van der Waals surface area contributed by atoms with Gasteiger partial charge in [0, 0.05) is 23.7 Å². The molecule has 0 bridgehead atoms. The van der Waals surface area contributed by atoms with Crippen molar-refractivity contribution in [3.8, 4) is 0 Å². The molecule has 3 N–H and O–H groups in total. The van der Waals surface area contributed by atoms with Crippen LogP contribution in [0.25, 0.3) is 0 Å². The maximum Gasteiger partial charge on any atom is 0.315 e. The molecule has 0 spiro atoms. The SMILES string of the molecule is O=C(NCc1ccccc1F)NCC(O)c1ccc(Cl)cc1. The Balaban J connectivity index is 1.78. The third-order valence-electron chi connectivity index (χ3n) is 3.11. The van der Waals surface area contributed by atoms with Crippen molar-refractivity contribution >= 4 is 17.6 Å². The fourth-order valence-electron chi connectivity index (χ4n) is 1.87. The summed E-state index contributed by atoms with van der Waals surface area (Å²) in [5.74, 6) is -0.371. The van der Waals surface area contributed by atoms with Crippen molar-refractivity contribution in [1.82, 2.24) is 10.6 Å². The molecule has 0 heterocycles. The van der Waals surface area contributed by atoms with Gasteiger partial charge in [0.1, 0.15) is 5.82 Å². The normalized spacial score (nSPS) is 11.8. The third kappa shape index (κ3) is 4.72. The highest BCUT2D eigenvalue weighted by atomic mass is 35.5. The number of halogens is 2. The minimum Gasteiger partial charge on any atom is -0.387 e. The first-order chi connectivity index (χ1) is 10.6. The van der Waals surface area contributed by atoms with E-state index in [1.165, 1.54) is 6.07 Å². The predicted molar refractivity (Wildman–Crippen MR) is 83.1 cm³/mol. The first-order valence-electron chi connectivity index (χ1n) is 6.75. The van der Waals surface area contributed by atoms with E-state index in [9.17, 15) is 14.3 Å². The Bertz CT molecular complexity index is 634. The van der Waals surface area contributed by atoms with Crippen molar-refractivity contribution in [1.29, 1.82) is 0 Å². The van der Waals surface area contributed by atoms with Crippen LogP contribution >= 0.6 is 11.6 Å². The number of urea groups is 1. The van der Waals surface area contributed by atoms with Gasteiger partial charge < -0.3 is 15.7 Å². The Kier molecular flexibility index (Phi) is 5.75. The minimum atomic E-state index is -0.837. The number of nitrogens with one attached hydrogen (secondary N) is 2. The quantitative estimate of drug-likeness (QED) is 0.792. The summed E-state index contributed by atoms with van der Waals surface area (Å²) in [6, 6.07) is 12.4. The molecule has 0 aliphatic rings. The number of carbonyl (C=O) groups excluding carboxylic acids is 1. The van der Waals surface area contributed by atoms with E-state index in [1.807, 2.05) is 0 Å². The number of aliphatic hydroxyl groups excluding tert-OH is 1. The third-order valence-corrected chi connectivity index (χ3v) is 3.36. The second kappa shape index (κ2) is 7.77. The molecule has 2 amide bonds. The lowest BCUT2D eigenvalue weighted by Gasteiger charge is -2.13. The molecule has 0 fully saturated rings. The van der Waals surface area contributed by atoms with E-state index in [2.05, 4.69) is 10.6 Å². The van der Waals surface area contributed by atoms with Crippen LogP contribution < -0.4 is 10.6 Å². The second-order valence-electron chi connectivity index (χ2n) is 4.72. The number of carbonyl (C=O) groups is 1. The number of hydrogen-bond acceptors (Lipinski definition) is 2. The zero-order valence-electron chi connectivity index (χ0n) is 11.7. The smallest absolute Gasteiger partial charge is 0.315 e. The van der Waals surface area contributed by atoms with E-state index in [0.29, 0.717) is 16.1 Å². The van der Waals surface area contributed by atoms with E-state index in [-0.39, 0.29) is 18.9 Å². The molecule has 1 atom stereocenters. The average Bonchev–Trinajstić information content (AvgIpc) is 2.52. The van der Waals surface area contributed by atoms with Gasteiger partial charge in [0.05, 0.1) is 6.10 Å². The van der Waals surface area contributed by atoms with E-state index >= 15 is 0 Å². The number of rotatable bonds is 5. The van der Waals surface area contributed by atoms with Crippen LogP contribution in [-0.2, 0) is 6.54 Å². The molecule has 0 aromatic heterocycles. The average molecular weight is 323 g/mol. The Morgan fingerprint density at radius 3 is 2.50 bits per heavy atom. The Hall–Kier alpha value is -2.11. The minimum absolute atomic E-state index is 0.0464. The van der Waals surface area contributed by atoms with Crippen molar-refractivity contribution < 1.29 is 14.3 Å². The van der Waals surface area contributed by atoms with Crippen molar-refractivity contribution in [2.24, 2.45) is 0 Å². The van der Waals surface area contributed by atoms with Crippen LogP contribution in [-0.4, -0.2) is 17.7 Å². The lowest BCUT2D eigenvalue weighted by Crippen LogP contribution is -2.37. The lowest BCUT2D eigenvalue weighted by molar-refractivity contribution is 0.173. The second-order valence-corrected chi connectivity index (χ2v) is 5.16. The fraction of sp³-hybridized carbons (Fsp3) is 0.188. The van der Waals surface area contributed by atoms with Gasteiger partial charge in [0.25, 0.3) is 0 Å². The summed E-state index contributed by atoms with van der Waals surface area (Å²) in [5, 5.41) is 15.6. The Morgan fingerprint density at radius 1 is 1.14 bits per heavy atom. The van der Waals surface area contributed by atoms with Crippen LogP contribution in [0.4, 0.5) is 9.18 Å². The summed E-state index contributed by atoms with van der Waals surface area (Å²) in [4.78, 5) is 11.6. The van der Waals surface area contributed by atoms with Gasteiger partial charge in [-0.25, -0.2) is 9.18 Å². The topological polar surface area (TPSA) is 61.4 Å². The number of amides is 2. The zero-order chi connectivity index (χ0) is 15.9. The molecule has 22 heavy (non-hydrogen) atoms. The number of hydrogen-bond donors (Lipinski definition) is 3. The molecule has 2 rings (SSSR count). The highest BCUT2D eigenvalue weighted by Crippen LogP contribution is 2.15. The molecule has 0 radical (unpaired) electrons. The molecule has 0 saturated heterocycles. The van der Waals surface area contributed by atoms with Gasteiger partial charge in [-0.3, -0.25) is 0 Å². The molecule has 4 nitrogen and oxygen atoms in total. The largest absolute Gasteiger partial charge is 0.387 e. The van der Waals surface area contributed by atoms with Crippen LogP contribution in [0.1, 0.15) is 17.2 Å². The van der Waals surface area contributed by atoms with Crippen molar-refractivity contribution in [2.75, 3.05) is 6.54 Å². The monoisotopic (exact) mass is 322 g/mol. The van der Waals surface area contributed by atoms with Gasteiger partial charge in [0.15, 0.2) is 0 Å². The van der Waals surface area contributed by atoms with E-state index in [1.54, 1.807) is 42.5 Å². The van der Waals surface area contributed by atoms with Crippen LogP contribution in [0.15, 0.2) is 48.5 Å². The van der Waals surface area contributed by atoms with E-state index in [4.69, 9.17) is 11.6 Å². The molecule has 2 aromatic rings. The summed E-state index contributed by atoms with van der Waals surface area (Å²) in [7, 11) is 0. The molecule has 0 aliphatic carbocycles. The number of benzene rings is 2. The van der Waals surface area contributed by atoms with Crippen molar-refractivity contribution in [3.63, 3.8) is 0 Å². The van der Waals surface area contributed by atoms with E-state index < -0.39 is 12.1 Å². The molecular weight excluding hydrogens is 307 g/mol. The van der Waals surface area contributed by atoms with Gasteiger partial charge in [-0.05, 0) is 23.8 Å². The maximum atomic E-state index is 13.4. The first kappa shape index (κ1) is 16.3. The standard InChI is InChI=1S/C16H16ClFN2O2/c17-13-7-5-11(6-8-13)15(21)10-20-16(22)19-9-12-3-1-2-4-14(12)18/h1-8,15,21H,9-10H2,(H2,19,20,22). The van der Waals surface area contributed by atoms with Gasteiger partial charge in [-0.15, -0.1) is 0 Å². The first-order valence-corrected chi connectivity index (χ1v) is 7.12. The predicted octanol–water partition coefficient (Wildman–Crippen LogP) is 3.01. The van der Waals surface area contributed by atoms with Gasteiger partial charge in [-0.2, -0.15) is 0 Å². The summed E-state index contributed by atoms with van der Waals surface area (Å²) in [6.07, 6.45) is -0.837. The maximum absolute atomic E-state index is 13.4. The molecule has 6 heteroatoms. The van der Waals surface area contributed by atoms with E-state index in [0.717, 1.165) is 0 Å². The molecule has 0 aliphatic heterocycles. The van der Waals surface area contributed by atoms with Crippen LogP contribution in [0.3, 0.4) is 0 Å². The Labute approximate surface area is 132 Å². The van der Waals surface area contributed by atoms with Crippen LogP contribution in [0.5, 0.6) is 0 Å². The lowest BCUT2D eigenvalue weighted by atomic mass is 10.1. The summed E-state index contributed by atoms with van der Waals surface area (Å²) < 4.78 is 13.4. The Morgan fingerprint density at radius 2 is 1.82 bits per heavy atom.